The minimum absolute atomic E-state index is 0.895. The topological polar surface area (TPSA) is 26.6 Å². The number of imidazole rings is 2. The smallest absolute Gasteiger partial charge is 0.256 e. The lowest BCUT2D eigenvalue weighted by Gasteiger charge is -2.14. The van der Waals surface area contributed by atoms with Gasteiger partial charge >= 0.3 is 5.95 Å². The molecule has 4 nitrogen and oxygen atoms in total. The van der Waals surface area contributed by atoms with Crippen LogP contribution >= 0.6 is 0 Å². The van der Waals surface area contributed by atoms with E-state index in [2.05, 4.69) is 113 Å². The van der Waals surface area contributed by atoms with Crippen molar-refractivity contribution in [2.45, 2.75) is 20.8 Å². The van der Waals surface area contributed by atoms with Gasteiger partial charge in [-0.2, -0.15) is 4.57 Å². The summed E-state index contributed by atoms with van der Waals surface area (Å²) in [6.45, 7) is 6.56. The SMILES string of the molecule is Cc1cccc(C)c1-c1n(-c2ccccc2)c(-c2ccccc2)c(C)[n+]1-c1nccn1C. The Morgan fingerprint density at radius 1 is 0.750 bits per heavy atom. The molecule has 0 aliphatic heterocycles. The third kappa shape index (κ3) is 3.16. The largest absolute Gasteiger partial charge is 0.358 e. The summed E-state index contributed by atoms with van der Waals surface area (Å²) >= 11 is 0. The van der Waals surface area contributed by atoms with Crippen LogP contribution in [-0.4, -0.2) is 14.1 Å². The predicted octanol–water partition coefficient (Wildman–Crippen LogP) is 5.75. The Hall–Kier alpha value is -3.92. The van der Waals surface area contributed by atoms with Gasteiger partial charge in [0.2, 0.25) is 5.82 Å². The Kier molecular flexibility index (Phi) is 4.98. The molecule has 0 radical (unpaired) electrons. The predicted molar refractivity (Wildman–Crippen MR) is 129 cm³/mol. The standard InChI is InChI=1S/C28H27N4/c1-20-12-11-13-21(2)25(20)27-31(28-29-18-19-30(28)4)22(3)26(23-14-7-5-8-15-23)32(27)24-16-9-6-10-17-24/h5-19H,1-4H3/q+1. The van der Waals surface area contributed by atoms with Gasteiger partial charge in [-0.25, -0.2) is 4.57 Å². The number of nitrogens with zero attached hydrogens (tertiary/aromatic N) is 4. The normalized spacial score (nSPS) is 11.1. The van der Waals surface area contributed by atoms with E-state index < -0.39 is 0 Å². The van der Waals surface area contributed by atoms with Gasteiger partial charge in [-0.3, -0.25) is 4.57 Å². The minimum Gasteiger partial charge on any atom is -0.256 e. The Bertz CT molecular complexity index is 1370. The van der Waals surface area contributed by atoms with Crippen molar-refractivity contribution in [3.63, 3.8) is 0 Å². The van der Waals surface area contributed by atoms with Crippen LogP contribution in [0.2, 0.25) is 0 Å². The van der Waals surface area contributed by atoms with Crippen molar-refractivity contribution < 1.29 is 4.57 Å². The quantitative estimate of drug-likeness (QED) is 0.341. The van der Waals surface area contributed by atoms with Gasteiger partial charge in [0.25, 0.3) is 0 Å². The number of rotatable bonds is 4. The minimum atomic E-state index is 0.895. The van der Waals surface area contributed by atoms with Crippen molar-refractivity contribution in [2.24, 2.45) is 7.05 Å². The maximum Gasteiger partial charge on any atom is 0.358 e. The first kappa shape index (κ1) is 20.0. The van der Waals surface area contributed by atoms with Crippen molar-refractivity contribution in [1.82, 2.24) is 14.1 Å². The molecule has 0 spiro atoms. The highest BCUT2D eigenvalue weighted by Crippen LogP contribution is 2.35. The summed E-state index contributed by atoms with van der Waals surface area (Å²) in [6, 6.07) is 27.7. The summed E-state index contributed by atoms with van der Waals surface area (Å²) in [6.07, 6.45) is 3.86. The van der Waals surface area contributed by atoms with E-state index in [4.69, 9.17) is 4.98 Å². The van der Waals surface area contributed by atoms with E-state index in [0.717, 1.165) is 28.8 Å². The average Bonchev–Trinajstić information content (AvgIpc) is 3.35. The highest BCUT2D eigenvalue weighted by molar-refractivity contribution is 5.73. The first-order valence-electron chi connectivity index (χ1n) is 10.9. The third-order valence-electron chi connectivity index (χ3n) is 6.09. The van der Waals surface area contributed by atoms with Crippen LogP contribution in [0.1, 0.15) is 16.8 Å². The molecule has 0 saturated heterocycles. The molecule has 0 atom stereocenters. The van der Waals surface area contributed by atoms with Crippen LogP contribution in [0.5, 0.6) is 0 Å². The van der Waals surface area contributed by atoms with Crippen molar-refractivity contribution in [3.8, 4) is 34.3 Å². The molecule has 3 aromatic carbocycles. The summed E-state index contributed by atoms with van der Waals surface area (Å²) in [5, 5.41) is 0. The molecule has 0 aliphatic rings. The van der Waals surface area contributed by atoms with E-state index in [-0.39, 0.29) is 0 Å². The molecule has 0 unspecified atom stereocenters. The van der Waals surface area contributed by atoms with Gasteiger partial charge in [-0.05, 0) is 44.0 Å². The van der Waals surface area contributed by atoms with Crippen LogP contribution in [-0.2, 0) is 7.05 Å². The number of hydrogen-bond acceptors (Lipinski definition) is 1. The number of hydrogen-bond donors (Lipinski definition) is 0. The van der Waals surface area contributed by atoms with Gasteiger partial charge in [0.05, 0.1) is 11.9 Å². The Balaban J connectivity index is 2.01. The molecule has 2 aromatic heterocycles. The highest BCUT2D eigenvalue weighted by Gasteiger charge is 2.32. The van der Waals surface area contributed by atoms with Crippen LogP contribution in [0.25, 0.3) is 34.3 Å². The van der Waals surface area contributed by atoms with Crippen LogP contribution in [0, 0.1) is 20.8 Å². The Morgan fingerprint density at radius 2 is 1.38 bits per heavy atom. The summed E-state index contributed by atoms with van der Waals surface area (Å²) in [4.78, 5) is 4.75. The number of aryl methyl sites for hydroxylation is 3. The summed E-state index contributed by atoms with van der Waals surface area (Å²) < 4.78 is 6.76. The molecule has 0 saturated carbocycles. The van der Waals surface area contributed by atoms with Crippen LogP contribution < -0.4 is 4.57 Å². The zero-order valence-electron chi connectivity index (χ0n) is 18.9. The molecule has 0 aliphatic carbocycles. The molecule has 2 heterocycles. The molecule has 158 valence electrons. The van der Waals surface area contributed by atoms with Gasteiger partial charge in [0.1, 0.15) is 17.6 Å². The van der Waals surface area contributed by atoms with E-state index >= 15 is 0 Å². The van der Waals surface area contributed by atoms with E-state index in [1.807, 2.05) is 19.4 Å². The molecule has 32 heavy (non-hydrogen) atoms. The molecule has 5 rings (SSSR count). The van der Waals surface area contributed by atoms with Gasteiger partial charge in [0, 0.05) is 18.2 Å². The van der Waals surface area contributed by atoms with Crippen molar-refractivity contribution >= 4 is 0 Å². The van der Waals surface area contributed by atoms with Crippen molar-refractivity contribution in [3.05, 3.63) is 108 Å². The highest BCUT2D eigenvalue weighted by atomic mass is 15.3. The lowest BCUT2D eigenvalue weighted by molar-refractivity contribution is -0.598. The maximum atomic E-state index is 4.75. The molecule has 0 N–H and O–H groups in total. The van der Waals surface area contributed by atoms with E-state index in [0.29, 0.717) is 0 Å². The summed E-state index contributed by atoms with van der Waals surface area (Å²) in [5.74, 6) is 2.00. The molecule has 0 amide bonds. The first-order chi connectivity index (χ1) is 15.6. The second kappa shape index (κ2) is 7.97. The molecule has 0 fully saturated rings. The summed E-state index contributed by atoms with van der Waals surface area (Å²) in [7, 11) is 2.05. The monoisotopic (exact) mass is 419 g/mol. The average molecular weight is 420 g/mol. The van der Waals surface area contributed by atoms with Gasteiger partial charge in [-0.15, -0.1) is 4.98 Å². The van der Waals surface area contributed by atoms with E-state index in [1.165, 1.54) is 22.3 Å². The fourth-order valence-corrected chi connectivity index (χ4v) is 4.60. The summed E-state index contributed by atoms with van der Waals surface area (Å²) in [5.41, 5.74) is 8.31. The fraction of sp³-hybridized carbons (Fsp3) is 0.143. The zero-order valence-corrected chi connectivity index (χ0v) is 18.9. The molecular weight excluding hydrogens is 392 g/mol. The van der Waals surface area contributed by atoms with Crippen molar-refractivity contribution in [1.29, 1.82) is 0 Å². The molecule has 4 heteroatoms. The van der Waals surface area contributed by atoms with Crippen LogP contribution in [0.3, 0.4) is 0 Å². The number of para-hydroxylation sites is 1. The molecular formula is C28H27N4+. The number of benzene rings is 3. The fourth-order valence-electron chi connectivity index (χ4n) is 4.60. The Morgan fingerprint density at radius 3 is 1.97 bits per heavy atom. The van der Waals surface area contributed by atoms with E-state index in [1.54, 1.807) is 0 Å². The second-order valence-electron chi connectivity index (χ2n) is 8.23. The molecule has 5 aromatic rings. The zero-order chi connectivity index (χ0) is 22.2. The third-order valence-corrected chi connectivity index (χ3v) is 6.09. The maximum absolute atomic E-state index is 4.75. The van der Waals surface area contributed by atoms with Crippen LogP contribution in [0.4, 0.5) is 0 Å². The van der Waals surface area contributed by atoms with Gasteiger partial charge < -0.3 is 0 Å². The van der Waals surface area contributed by atoms with Gasteiger partial charge in [-0.1, -0.05) is 66.7 Å². The van der Waals surface area contributed by atoms with E-state index in [9.17, 15) is 0 Å². The Labute approximate surface area is 189 Å². The molecule has 0 bridgehead atoms. The van der Waals surface area contributed by atoms with Gasteiger partial charge in [0.15, 0.2) is 0 Å². The lowest BCUT2D eigenvalue weighted by atomic mass is 10.0. The van der Waals surface area contributed by atoms with Crippen LogP contribution in [0.15, 0.2) is 91.3 Å². The number of aromatic nitrogens is 4. The lowest BCUT2D eigenvalue weighted by Crippen LogP contribution is -2.38. The first-order valence-corrected chi connectivity index (χ1v) is 10.9. The van der Waals surface area contributed by atoms with Crippen molar-refractivity contribution in [2.75, 3.05) is 0 Å². The second-order valence-corrected chi connectivity index (χ2v) is 8.23.